The zero-order chi connectivity index (χ0) is 27.2. The van der Waals surface area contributed by atoms with Crippen molar-refractivity contribution in [2.45, 2.75) is 71.9 Å². The quantitative estimate of drug-likeness (QED) is 0.242. The number of Topliss-reactive ketones (excluding diaryl/α,β-unsaturated/α-hetero) is 2. The van der Waals surface area contributed by atoms with Crippen LogP contribution in [-0.4, -0.2) is 65.3 Å². The first-order valence-electron chi connectivity index (χ1n) is 12.6. The van der Waals surface area contributed by atoms with Crippen molar-refractivity contribution in [2.75, 3.05) is 7.11 Å². The van der Waals surface area contributed by atoms with Crippen molar-refractivity contribution in [3.8, 4) is 0 Å². The van der Waals surface area contributed by atoms with E-state index < -0.39 is 70.4 Å². The molecule has 8 unspecified atom stereocenters. The van der Waals surface area contributed by atoms with E-state index in [9.17, 15) is 34.2 Å². The summed E-state index contributed by atoms with van der Waals surface area (Å²) in [6.45, 7) is 6.91. The molecule has 10 heteroatoms. The molecule has 8 atom stereocenters. The summed E-state index contributed by atoms with van der Waals surface area (Å²) >= 11 is 0. The second kappa shape index (κ2) is 8.07. The lowest BCUT2D eigenvalue weighted by atomic mass is 9.40. The number of aliphatic hydroxyl groups is 2. The summed E-state index contributed by atoms with van der Waals surface area (Å²) < 4.78 is 15.3. The van der Waals surface area contributed by atoms with E-state index in [4.69, 9.17) is 14.2 Å². The fraction of sp³-hybridized carbons (Fsp3) is 0.667. The van der Waals surface area contributed by atoms with E-state index in [1.165, 1.54) is 6.08 Å². The number of ketones is 2. The van der Waals surface area contributed by atoms with Gasteiger partial charge in [0.1, 0.15) is 11.9 Å². The van der Waals surface area contributed by atoms with Crippen LogP contribution < -0.4 is 0 Å². The van der Waals surface area contributed by atoms with E-state index in [1.807, 2.05) is 6.92 Å². The Morgan fingerprint density at radius 2 is 1.78 bits per heavy atom. The summed E-state index contributed by atoms with van der Waals surface area (Å²) in [5.41, 5.74) is -1.72. The molecule has 5 aliphatic rings. The van der Waals surface area contributed by atoms with Crippen molar-refractivity contribution in [1.29, 1.82) is 0 Å². The van der Waals surface area contributed by atoms with Gasteiger partial charge in [-0.05, 0) is 36.8 Å². The van der Waals surface area contributed by atoms with E-state index in [-0.39, 0.29) is 30.0 Å². The van der Waals surface area contributed by atoms with Gasteiger partial charge >= 0.3 is 17.9 Å². The van der Waals surface area contributed by atoms with Crippen molar-refractivity contribution in [2.24, 2.45) is 34.0 Å². The highest BCUT2D eigenvalue weighted by molar-refractivity contribution is 6.11. The van der Waals surface area contributed by atoms with Crippen LogP contribution in [0.15, 0.2) is 22.8 Å². The van der Waals surface area contributed by atoms with Gasteiger partial charge in [-0.25, -0.2) is 9.59 Å². The maximum absolute atomic E-state index is 13.9. The van der Waals surface area contributed by atoms with Crippen LogP contribution in [0.1, 0.15) is 53.4 Å². The molecule has 10 nitrogen and oxygen atoms in total. The van der Waals surface area contributed by atoms with Gasteiger partial charge in [-0.15, -0.1) is 0 Å². The number of aliphatic hydroxyl groups excluding tert-OH is 2. The highest BCUT2D eigenvalue weighted by Crippen LogP contribution is 2.66. The van der Waals surface area contributed by atoms with Crippen LogP contribution in [0, 0.1) is 34.0 Å². The van der Waals surface area contributed by atoms with Gasteiger partial charge in [-0.1, -0.05) is 33.3 Å². The molecule has 200 valence electrons. The van der Waals surface area contributed by atoms with Gasteiger partial charge in [0, 0.05) is 22.2 Å². The third kappa shape index (κ3) is 3.27. The molecule has 0 radical (unpaired) electrons. The number of rotatable bonds is 3. The van der Waals surface area contributed by atoms with E-state index >= 15 is 0 Å². The molecular formula is C27H32O10. The molecule has 2 heterocycles. The first kappa shape index (κ1) is 25.8. The molecule has 2 bridgehead atoms. The predicted molar refractivity (Wildman–Crippen MR) is 124 cm³/mol. The number of allylic oxidation sites excluding steroid dienone is 1. The Balaban J connectivity index is 1.68. The molecule has 0 aromatic heterocycles. The van der Waals surface area contributed by atoms with Gasteiger partial charge in [0.15, 0.2) is 11.9 Å². The van der Waals surface area contributed by atoms with Crippen molar-refractivity contribution < 1.29 is 48.4 Å². The molecule has 1 saturated heterocycles. The molecule has 0 aromatic rings. The minimum atomic E-state index is -1.69. The number of hydrogen-bond acceptors (Lipinski definition) is 10. The smallest absolute Gasteiger partial charge is 0.340 e. The fourth-order valence-corrected chi connectivity index (χ4v) is 8.13. The Morgan fingerprint density at radius 3 is 2.38 bits per heavy atom. The summed E-state index contributed by atoms with van der Waals surface area (Å²) in [5, 5.41) is 20.9. The standard InChI is InChI=1S/C27H32O10/c1-25(2)19(18(30)24(34)35-5)27(4)14-6-7-26(3)15(11(14)8-12(20(25)31)21(27)32)10-17(29)36-22(26)13-9-16(28)37-23(13)33/h9,12,14,16,18-19,22,28,30H,6-8,10H2,1-5H3. The summed E-state index contributed by atoms with van der Waals surface area (Å²) in [5.74, 6) is -5.35. The molecule has 0 aromatic carbocycles. The molecule has 0 amide bonds. The van der Waals surface area contributed by atoms with Crippen LogP contribution in [0.4, 0.5) is 0 Å². The van der Waals surface area contributed by atoms with E-state index in [1.54, 1.807) is 20.8 Å². The van der Waals surface area contributed by atoms with Crippen LogP contribution in [0.2, 0.25) is 0 Å². The lowest BCUT2D eigenvalue weighted by Gasteiger charge is -2.61. The van der Waals surface area contributed by atoms with E-state index in [2.05, 4.69) is 0 Å². The minimum Gasteiger partial charge on any atom is -0.467 e. The monoisotopic (exact) mass is 516 g/mol. The van der Waals surface area contributed by atoms with Crippen molar-refractivity contribution in [1.82, 2.24) is 0 Å². The third-order valence-electron chi connectivity index (χ3n) is 9.80. The van der Waals surface area contributed by atoms with Crippen LogP contribution in [0.5, 0.6) is 0 Å². The second-order valence-corrected chi connectivity index (χ2v) is 11.9. The number of esters is 3. The highest BCUT2D eigenvalue weighted by atomic mass is 16.6. The first-order chi connectivity index (χ1) is 17.2. The largest absolute Gasteiger partial charge is 0.467 e. The Bertz CT molecular complexity index is 1190. The molecule has 2 N–H and O–H groups in total. The van der Waals surface area contributed by atoms with Crippen molar-refractivity contribution in [3.63, 3.8) is 0 Å². The summed E-state index contributed by atoms with van der Waals surface area (Å²) in [6.07, 6.45) is -1.93. The zero-order valence-electron chi connectivity index (χ0n) is 21.5. The fourth-order valence-electron chi connectivity index (χ4n) is 8.13. The molecule has 2 aliphatic heterocycles. The molecule has 2 saturated carbocycles. The van der Waals surface area contributed by atoms with Gasteiger partial charge in [0.05, 0.1) is 25.0 Å². The first-order valence-corrected chi connectivity index (χ1v) is 12.6. The van der Waals surface area contributed by atoms with Crippen LogP contribution in [0.25, 0.3) is 0 Å². The number of ether oxygens (including phenoxy) is 3. The van der Waals surface area contributed by atoms with Crippen LogP contribution in [0.3, 0.4) is 0 Å². The molecule has 5 rings (SSSR count). The van der Waals surface area contributed by atoms with Crippen molar-refractivity contribution >= 4 is 29.5 Å². The molecule has 3 aliphatic carbocycles. The lowest BCUT2D eigenvalue weighted by Crippen LogP contribution is -2.67. The summed E-state index contributed by atoms with van der Waals surface area (Å²) in [4.78, 5) is 65.3. The Morgan fingerprint density at radius 1 is 1.11 bits per heavy atom. The highest BCUT2D eigenvalue weighted by Gasteiger charge is 2.70. The second-order valence-electron chi connectivity index (χ2n) is 11.9. The zero-order valence-corrected chi connectivity index (χ0v) is 21.5. The Hall–Kier alpha value is -2.85. The predicted octanol–water partition coefficient (Wildman–Crippen LogP) is 1.17. The Kier molecular flexibility index (Phi) is 5.63. The topological polar surface area (TPSA) is 154 Å². The number of cyclic esters (lactones) is 2. The van der Waals surface area contributed by atoms with Gasteiger partial charge in [0.25, 0.3) is 0 Å². The molecule has 37 heavy (non-hydrogen) atoms. The normalized spacial score (nSPS) is 41.3. The molecule has 0 spiro atoms. The number of carbonyl (C=O) groups is 5. The SMILES string of the molecule is COC(=O)C(O)C1C(C)(C)C(=O)C2CC3=C4CC(=O)OC(C5=CC(O)OC5=O)C4(C)CCC3C1(C)C2=O. The number of fused-ring (bicyclic) bond motifs is 5. The maximum atomic E-state index is 13.9. The molecular weight excluding hydrogens is 484 g/mol. The van der Waals surface area contributed by atoms with Gasteiger partial charge in [0.2, 0.25) is 6.29 Å². The van der Waals surface area contributed by atoms with Crippen LogP contribution in [-0.2, 0) is 38.2 Å². The van der Waals surface area contributed by atoms with Gasteiger partial charge in [-0.3, -0.25) is 14.4 Å². The number of hydrogen-bond donors (Lipinski definition) is 2. The summed E-state index contributed by atoms with van der Waals surface area (Å²) in [6, 6.07) is 0. The third-order valence-corrected chi connectivity index (χ3v) is 9.80. The Labute approximate surface area is 214 Å². The van der Waals surface area contributed by atoms with Crippen molar-refractivity contribution in [3.05, 3.63) is 22.8 Å². The van der Waals surface area contributed by atoms with E-state index in [0.29, 0.717) is 18.4 Å². The van der Waals surface area contributed by atoms with Gasteiger partial charge in [-0.2, -0.15) is 0 Å². The number of carbonyl (C=O) groups excluding carboxylic acids is 5. The number of methoxy groups -OCH3 is 1. The van der Waals surface area contributed by atoms with Crippen LogP contribution >= 0.6 is 0 Å². The maximum Gasteiger partial charge on any atom is 0.340 e. The average Bonchev–Trinajstić information content (AvgIpc) is 3.16. The minimum absolute atomic E-state index is 0.0640. The molecule has 3 fully saturated rings. The lowest BCUT2D eigenvalue weighted by molar-refractivity contribution is -0.185. The summed E-state index contributed by atoms with van der Waals surface area (Å²) in [7, 11) is 1.14. The average molecular weight is 517 g/mol. The van der Waals surface area contributed by atoms with Gasteiger partial charge < -0.3 is 24.4 Å². The van der Waals surface area contributed by atoms with E-state index in [0.717, 1.165) is 12.7 Å².